The van der Waals surface area contributed by atoms with Crippen molar-refractivity contribution in [3.8, 4) is 5.75 Å². The average molecular weight is 238 g/mol. The Morgan fingerprint density at radius 1 is 1.35 bits per heavy atom. The number of aryl methyl sites for hydroxylation is 1. The van der Waals surface area contributed by atoms with E-state index in [0.717, 1.165) is 32.7 Å². The second kappa shape index (κ2) is 5.47. The normalized spacial score (nSPS) is 17.3. The van der Waals surface area contributed by atoms with Gasteiger partial charge in [0.15, 0.2) is 0 Å². The Morgan fingerprint density at radius 3 is 2.76 bits per heavy atom. The van der Waals surface area contributed by atoms with Crippen LogP contribution in [0.3, 0.4) is 0 Å². The summed E-state index contributed by atoms with van der Waals surface area (Å²) < 4.78 is 13.2. The number of piperazine rings is 1. The highest BCUT2D eigenvalue weighted by molar-refractivity contribution is 5.40. The lowest BCUT2D eigenvalue weighted by Crippen LogP contribution is -2.44. The van der Waals surface area contributed by atoms with Gasteiger partial charge in [0.25, 0.3) is 0 Å². The van der Waals surface area contributed by atoms with Gasteiger partial charge in [-0.15, -0.1) is 0 Å². The van der Waals surface area contributed by atoms with Gasteiger partial charge in [-0.1, -0.05) is 0 Å². The van der Waals surface area contributed by atoms with Gasteiger partial charge in [-0.05, 0) is 36.6 Å². The van der Waals surface area contributed by atoms with Crippen molar-refractivity contribution in [3.63, 3.8) is 0 Å². The van der Waals surface area contributed by atoms with E-state index in [9.17, 15) is 9.50 Å². The van der Waals surface area contributed by atoms with E-state index in [1.165, 1.54) is 12.1 Å². The minimum atomic E-state index is -0.268. The highest BCUT2D eigenvalue weighted by atomic mass is 19.1. The Balaban J connectivity index is 1.98. The van der Waals surface area contributed by atoms with Crippen molar-refractivity contribution < 1.29 is 9.50 Å². The molecule has 2 N–H and O–H groups in total. The van der Waals surface area contributed by atoms with Crippen molar-refractivity contribution in [2.24, 2.45) is 0 Å². The molecule has 4 heteroatoms. The largest absolute Gasteiger partial charge is 0.507 e. The van der Waals surface area contributed by atoms with E-state index in [1.54, 1.807) is 6.92 Å². The molecule has 1 aromatic rings. The molecule has 0 saturated carbocycles. The average Bonchev–Trinajstić information content (AvgIpc) is 2.33. The standard InChI is InChI=1S/C13H19FN2O/c1-10-8-12(14)9-11(13(10)17)2-5-16-6-3-15-4-7-16/h8-9,15,17H,2-7H2,1H3. The van der Waals surface area contributed by atoms with Crippen molar-refractivity contribution in [2.75, 3.05) is 32.7 Å². The van der Waals surface area contributed by atoms with Gasteiger partial charge in [0.2, 0.25) is 0 Å². The Bertz CT molecular complexity index is 389. The molecule has 0 aliphatic carbocycles. The van der Waals surface area contributed by atoms with Crippen LogP contribution in [0, 0.1) is 12.7 Å². The van der Waals surface area contributed by atoms with Crippen LogP contribution in [-0.2, 0) is 6.42 Å². The zero-order chi connectivity index (χ0) is 12.3. The topological polar surface area (TPSA) is 35.5 Å². The fourth-order valence-electron chi connectivity index (χ4n) is 2.21. The van der Waals surface area contributed by atoms with Crippen molar-refractivity contribution in [2.45, 2.75) is 13.3 Å². The maximum Gasteiger partial charge on any atom is 0.124 e. The lowest BCUT2D eigenvalue weighted by molar-refractivity contribution is 0.243. The summed E-state index contributed by atoms with van der Waals surface area (Å²) in [5.41, 5.74) is 1.32. The molecule has 0 unspecified atom stereocenters. The number of phenols is 1. The van der Waals surface area contributed by atoms with Gasteiger partial charge in [-0.25, -0.2) is 4.39 Å². The highest BCUT2D eigenvalue weighted by Crippen LogP contribution is 2.23. The number of hydrogen-bond acceptors (Lipinski definition) is 3. The molecular weight excluding hydrogens is 219 g/mol. The first-order valence-corrected chi connectivity index (χ1v) is 6.08. The Morgan fingerprint density at radius 2 is 2.06 bits per heavy atom. The summed E-state index contributed by atoms with van der Waals surface area (Å²) in [6.07, 6.45) is 0.699. The van der Waals surface area contributed by atoms with Gasteiger partial charge in [0.05, 0.1) is 0 Å². The second-order valence-electron chi connectivity index (χ2n) is 4.57. The Labute approximate surface area is 101 Å². The van der Waals surface area contributed by atoms with Crippen LogP contribution in [0.1, 0.15) is 11.1 Å². The van der Waals surface area contributed by atoms with Gasteiger partial charge in [-0.3, -0.25) is 0 Å². The predicted octanol–water partition coefficient (Wildman–Crippen LogP) is 1.29. The zero-order valence-corrected chi connectivity index (χ0v) is 10.2. The van der Waals surface area contributed by atoms with Crippen LogP contribution in [-0.4, -0.2) is 42.7 Å². The van der Waals surface area contributed by atoms with E-state index >= 15 is 0 Å². The van der Waals surface area contributed by atoms with Crippen LogP contribution in [0.4, 0.5) is 4.39 Å². The lowest BCUT2D eigenvalue weighted by atomic mass is 10.1. The number of benzene rings is 1. The third kappa shape index (κ3) is 3.17. The van der Waals surface area contributed by atoms with Gasteiger partial charge < -0.3 is 15.3 Å². The SMILES string of the molecule is Cc1cc(F)cc(CCN2CCNCC2)c1O. The van der Waals surface area contributed by atoms with E-state index in [1.807, 2.05) is 0 Å². The molecule has 1 aliphatic heterocycles. The first-order chi connectivity index (χ1) is 8.16. The number of aromatic hydroxyl groups is 1. The van der Waals surface area contributed by atoms with E-state index in [-0.39, 0.29) is 11.6 Å². The minimum Gasteiger partial charge on any atom is -0.507 e. The Hall–Kier alpha value is -1.13. The van der Waals surface area contributed by atoms with Crippen molar-refractivity contribution in [3.05, 3.63) is 29.1 Å². The molecule has 0 spiro atoms. The molecule has 1 aromatic carbocycles. The number of halogens is 1. The monoisotopic (exact) mass is 238 g/mol. The van der Waals surface area contributed by atoms with E-state index in [4.69, 9.17) is 0 Å². The second-order valence-corrected chi connectivity index (χ2v) is 4.57. The van der Waals surface area contributed by atoms with Crippen LogP contribution < -0.4 is 5.32 Å². The molecule has 1 saturated heterocycles. The summed E-state index contributed by atoms with van der Waals surface area (Å²) in [7, 11) is 0. The molecule has 1 aliphatic rings. The fourth-order valence-corrected chi connectivity index (χ4v) is 2.21. The highest BCUT2D eigenvalue weighted by Gasteiger charge is 2.12. The van der Waals surface area contributed by atoms with Gasteiger partial charge in [0, 0.05) is 32.7 Å². The third-order valence-electron chi connectivity index (χ3n) is 3.25. The molecule has 0 bridgehead atoms. The van der Waals surface area contributed by atoms with E-state index in [2.05, 4.69) is 10.2 Å². The smallest absolute Gasteiger partial charge is 0.124 e. The number of nitrogens with one attached hydrogen (secondary N) is 1. The molecular formula is C13H19FN2O. The summed E-state index contributed by atoms with van der Waals surface area (Å²) >= 11 is 0. The molecule has 0 amide bonds. The molecule has 1 heterocycles. The summed E-state index contributed by atoms with van der Waals surface area (Å²) in [6, 6.07) is 2.80. The van der Waals surface area contributed by atoms with Crippen molar-refractivity contribution in [1.29, 1.82) is 0 Å². The molecule has 3 nitrogen and oxygen atoms in total. The van der Waals surface area contributed by atoms with Crippen LogP contribution in [0.15, 0.2) is 12.1 Å². The number of phenolic OH excluding ortho intramolecular Hbond substituents is 1. The quantitative estimate of drug-likeness (QED) is 0.833. The number of hydrogen-bond donors (Lipinski definition) is 2. The van der Waals surface area contributed by atoms with Crippen molar-refractivity contribution in [1.82, 2.24) is 10.2 Å². The third-order valence-corrected chi connectivity index (χ3v) is 3.25. The number of rotatable bonds is 3. The van der Waals surface area contributed by atoms with Gasteiger partial charge >= 0.3 is 0 Å². The van der Waals surface area contributed by atoms with Gasteiger partial charge in [0.1, 0.15) is 11.6 Å². The molecule has 0 atom stereocenters. The molecule has 0 aromatic heterocycles. The first-order valence-electron chi connectivity index (χ1n) is 6.08. The van der Waals surface area contributed by atoms with E-state index in [0.29, 0.717) is 17.5 Å². The van der Waals surface area contributed by atoms with Crippen molar-refractivity contribution >= 4 is 0 Å². The maximum absolute atomic E-state index is 13.2. The van der Waals surface area contributed by atoms with Crippen LogP contribution in [0.5, 0.6) is 5.75 Å². The zero-order valence-electron chi connectivity index (χ0n) is 10.2. The van der Waals surface area contributed by atoms with E-state index < -0.39 is 0 Å². The summed E-state index contributed by atoms with van der Waals surface area (Å²) in [5.74, 6) is -0.0304. The molecule has 2 rings (SSSR count). The van der Waals surface area contributed by atoms with Gasteiger partial charge in [-0.2, -0.15) is 0 Å². The molecule has 17 heavy (non-hydrogen) atoms. The summed E-state index contributed by atoms with van der Waals surface area (Å²) in [5, 5.41) is 13.1. The molecule has 94 valence electrons. The van der Waals surface area contributed by atoms with Crippen LogP contribution in [0.2, 0.25) is 0 Å². The van der Waals surface area contributed by atoms with Crippen LogP contribution in [0.25, 0.3) is 0 Å². The molecule has 0 radical (unpaired) electrons. The maximum atomic E-state index is 13.2. The minimum absolute atomic E-state index is 0.238. The molecule has 1 fully saturated rings. The first kappa shape index (κ1) is 12.3. The predicted molar refractivity (Wildman–Crippen MR) is 65.8 cm³/mol. The summed E-state index contributed by atoms with van der Waals surface area (Å²) in [6.45, 7) is 6.66. The van der Waals surface area contributed by atoms with Crippen LogP contribution >= 0.6 is 0 Å². The fraction of sp³-hybridized carbons (Fsp3) is 0.538. The number of nitrogens with zero attached hydrogens (tertiary/aromatic N) is 1. The summed E-state index contributed by atoms with van der Waals surface area (Å²) in [4.78, 5) is 2.33. The Kier molecular flexibility index (Phi) is 3.97. The lowest BCUT2D eigenvalue weighted by Gasteiger charge is -2.27.